The first-order chi connectivity index (χ1) is 10.1. The molecule has 0 bridgehead atoms. The van der Waals surface area contributed by atoms with E-state index in [0.717, 1.165) is 24.1 Å². The molecule has 1 aromatic carbocycles. The van der Waals surface area contributed by atoms with Crippen molar-refractivity contribution >= 4 is 11.6 Å². The minimum atomic E-state index is -0.182. The van der Waals surface area contributed by atoms with E-state index in [9.17, 15) is 9.90 Å². The van der Waals surface area contributed by atoms with Gasteiger partial charge in [0.15, 0.2) is 0 Å². The van der Waals surface area contributed by atoms with Gasteiger partial charge in [0.25, 0.3) is 5.91 Å². The van der Waals surface area contributed by atoms with Crippen LogP contribution in [0.25, 0.3) is 0 Å². The Balaban J connectivity index is 1.67. The van der Waals surface area contributed by atoms with Crippen LogP contribution in [0.3, 0.4) is 0 Å². The van der Waals surface area contributed by atoms with Crippen molar-refractivity contribution in [1.29, 1.82) is 0 Å². The summed E-state index contributed by atoms with van der Waals surface area (Å²) in [5.41, 5.74) is 2.53. The molecule has 3 N–H and O–H groups in total. The second-order valence-corrected chi connectivity index (χ2v) is 6.28. The van der Waals surface area contributed by atoms with Crippen LogP contribution >= 0.6 is 0 Å². The summed E-state index contributed by atoms with van der Waals surface area (Å²) in [6.07, 6.45) is 2.17. The van der Waals surface area contributed by atoms with Crippen LogP contribution < -0.4 is 10.6 Å². The van der Waals surface area contributed by atoms with Gasteiger partial charge in [0.1, 0.15) is 0 Å². The summed E-state index contributed by atoms with van der Waals surface area (Å²) >= 11 is 0. The second-order valence-electron chi connectivity index (χ2n) is 6.28. The number of hydrogen-bond acceptors (Lipinski definition) is 4. The van der Waals surface area contributed by atoms with Gasteiger partial charge in [-0.25, -0.2) is 0 Å². The van der Waals surface area contributed by atoms with E-state index in [1.807, 2.05) is 25.1 Å². The molecule has 1 saturated heterocycles. The number of hydrogen-bond donors (Lipinski definition) is 3. The normalized spacial score (nSPS) is 19.7. The zero-order chi connectivity index (χ0) is 14.9. The molecule has 2 aliphatic rings. The van der Waals surface area contributed by atoms with E-state index >= 15 is 0 Å². The van der Waals surface area contributed by atoms with Gasteiger partial charge in [-0.05, 0) is 37.5 Å². The van der Waals surface area contributed by atoms with Crippen molar-refractivity contribution in [2.75, 3.05) is 31.7 Å². The molecule has 1 heterocycles. The Morgan fingerprint density at radius 1 is 1.43 bits per heavy atom. The molecule has 1 aliphatic heterocycles. The van der Waals surface area contributed by atoms with Gasteiger partial charge in [-0.3, -0.25) is 4.79 Å². The lowest BCUT2D eigenvalue weighted by Gasteiger charge is -2.40. The molecule has 0 spiro atoms. The fraction of sp³-hybridized carbons (Fsp3) is 0.562. The maximum Gasteiger partial charge on any atom is 0.251 e. The van der Waals surface area contributed by atoms with Crippen molar-refractivity contribution in [3.8, 4) is 0 Å². The van der Waals surface area contributed by atoms with E-state index in [1.54, 1.807) is 0 Å². The monoisotopic (exact) mass is 290 g/mol. The maximum absolute atomic E-state index is 12.1. The van der Waals surface area contributed by atoms with E-state index in [1.165, 1.54) is 0 Å². The summed E-state index contributed by atoms with van der Waals surface area (Å²) in [5, 5.41) is 15.8. The van der Waals surface area contributed by atoms with Crippen LogP contribution in [0.1, 0.15) is 28.8 Å². The van der Waals surface area contributed by atoms with Crippen LogP contribution in [-0.2, 0) is 4.74 Å². The average molecular weight is 290 g/mol. The van der Waals surface area contributed by atoms with Crippen molar-refractivity contribution < 1.29 is 14.6 Å². The highest BCUT2D eigenvalue weighted by Crippen LogP contribution is 2.28. The SMILES string of the molecule is Cc1ccc(C(=O)NC2CC2)cc1NCC1(CO)COC1. The number of rotatable bonds is 6. The molecule has 21 heavy (non-hydrogen) atoms. The van der Waals surface area contributed by atoms with Gasteiger partial charge in [-0.1, -0.05) is 6.07 Å². The van der Waals surface area contributed by atoms with Crippen LogP contribution in [0.5, 0.6) is 0 Å². The highest BCUT2D eigenvalue weighted by molar-refractivity contribution is 5.95. The summed E-state index contributed by atoms with van der Waals surface area (Å²) < 4.78 is 5.20. The lowest BCUT2D eigenvalue weighted by atomic mass is 9.87. The van der Waals surface area contributed by atoms with Gasteiger partial charge in [0.05, 0.1) is 25.2 Å². The number of carbonyl (C=O) groups excluding carboxylic acids is 1. The molecular weight excluding hydrogens is 268 g/mol. The summed E-state index contributed by atoms with van der Waals surface area (Å²) in [7, 11) is 0. The predicted octanol–water partition coefficient (Wildman–Crippen LogP) is 1.31. The van der Waals surface area contributed by atoms with E-state index in [0.29, 0.717) is 31.4 Å². The van der Waals surface area contributed by atoms with Gasteiger partial charge in [-0.15, -0.1) is 0 Å². The number of ether oxygens (including phenoxy) is 1. The van der Waals surface area contributed by atoms with Gasteiger partial charge >= 0.3 is 0 Å². The molecule has 2 fully saturated rings. The minimum absolute atomic E-state index is 0.00982. The molecule has 3 rings (SSSR count). The number of aliphatic hydroxyl groups excluding tert-OH is 1. The number of carbonyl (C=O) groups is 1. The van der Waals surface area contributed by atoms with Gasteiger partial charge in [0, 0.05) is 23.8 Å². The highest BCUT2D eigenvalue weighted by Gasteiger charge is 2.37. The van der Waals surface area contributed by atoms with E-state index < -0.39 is 0 Å². The van der Waals surface area contributed by atoms with Gasteiger partial charge in [0.2, 0.25) is 0 Å². The maximum atomic E-state index is 12.1. The molecule has 1 aliphatic carbocycles. The van der Waals surface area contributed by atoms with E-state index in [2.05, 4.69) is 10.6 Å². The topological polar surface area (TPSA) is 70.6 Å². The van der Waals surface area contributed by atoms with Crippen molar-refractivity contribution in [3.63, 3.8) is 0 Å². The molecule has 5 heteroatoms. The van der Waals surface area contributed by atoms with Gasteiger partial charge < -0.3 is 20.5 Å². The van der Waals surface area contributed by atoms with E-state index in [-0.39, 0.29) is 17.9 Å². The number of aryl methyl sites for hydroxylation is 1. The number of nitrogens with one attached hydrogen (secondary N) is 2. The molecule has 0 radical (unpaired) electrons. The largest absolute Gasteiger partial charge is 0.396 e. The molecule has 1 saturated carbocycles. The third-order valence-corrected chi connectivity index (χ3v) is 4.22. The standard InChI is InChI=1S/C16H22N2O3/c1-11-2-3-12(15(20)18-13-4-5-13)6-14(11)17-7-16(8-19)9-21-10-16/h2-3,6,13,17,19H,4-5,7-10H2,1H3,(H,18,20). The Bertz CT molecular complexity index is 531. The zero-order valence-electron chi connectivity index (χ0n) is 12.3. The van der Waals surface area contributed by atoms with E-state index in [4.69, 9.17) is 4.74 Å². The number of aliphatic hydroxyl groups is 1. The minimum Gasteiger partial charge on any atom is -0.396 e. The quantitative estimate of drug-likeness (QED) is 0.739. The first-order valence-electron chi connectivity index (χ1n) is 7.46. The number of amides is 1. The van der Waals surface area contributed by atoms with Crippen LogP contribution in [0.4, 0.5) is 5.69 Å². The fourth-order valence-corrected chi connectivity index (χ4v) is 2.37. The lowest BCUT2D eigenvalue weighted by molar-refractivity contribution is -0.128. The highest BCUT2D eigenvalue weighted by atomic mass is 16.5. The Morgan fingerprint density at radius 2 is 2.19 bits per heavy atom. The van der Waals surface area contributed by atoms with Crippen molar-refractivity contribution in [3.05, 3.63) is 29.3 Å². The third-order valence-electron chi connectivity index (χ3n) is 4.22. The first kappa shape index (κ1) is 14.4. The summed E-state index contributed by atoms with van der Waals surface area (Å²) in [6.45, 7) is 3.93. The van der Waals surface area contributed by atoms with Crippen LogP contribution in [0.2, 0.25) is 0 Å². The second kappa shape index (κ2) is 5.66. The molecule has 5 nitrogen and oxygen atoms in total. The Hall–Kier alpha value is -1.59. The Labute approximate surface area is 124 Å². The number of anilines is 1. The molecule has 0 aromatic heterocycles. The predicted molar refractivity (Wildman–Crippen MR) is 80.5 cm³/mol. The van der Waals surface area contributed by atoms with Crippen molar-refractivity contribution in [2.45, 2.75) is 25.8 Å². The van der Waals surface area contributed by atoms with Gasteiger partial charge in [-0.2, -0.15) is 0 Å². The summed E-state index contributed by atoms with van der Waals surface area (Å²) in [4.78, 5) is 12.1. The number of benzene rings is 1. The smallest absolute Gasteiger partial charge is 0.251 e. The first-order valence-corrected chi connectivity index (χ1v) is 7.46. The van der Waals surface area contributed by atoms with Crippen molar-refractivity contribution in [1.82, 2.24) is 5.32 Å². The summed E-state index contributed by atoms with van der Waals surface area (Å²) in [5.74, 6) is -0.00982. The average Bonchev–Trinajstić information content (AvgIpc) is 3.23. The molecule has 0 unspecified atom stereocenters. The molecule has 1 amide bonds. The Kier molecular flexibility index (Phi) is 3.87. The fourth-order valence-electron chi connectivity index (χ4n) is 2.37. The van der Waals surface area contributed by atoms with Crippen LogP contribution in [0.15, 0.2) is 18.2 Å². The summed E-state index contributed by atoms with van der Waals surface area (Å²) in [6, 6.07) is 6.05. The Morgan fingerprint density at radius 3 is 2.76 bits per heavy atom. The zero-order valence-corrected chi connectivity index (χ0v) is 12.3. The van der Waals surface area contributed by atoms with Crippen LogP contribution in [0, 0.1) is 12.3 Å². The van der Waals surface area contributed by atoms with Crippen molar-refractivity contribution in [2.24, 2.45) is 5.41 Å². The molecule has 114 valence electrons. The molecule has 0 atom stereocenters. The molecule has 1 aromatic rings. The molecular formula is C16H22N2O3. The van der Waals surface area contributed by atoms with Crippen LogP contribution in [-0.4, -0.2) is 43.4 Å². The lowest BCUT2D eigenvalue weighted by Crippen LogP contribution is -2.50. The third kappa shape index (κ3) is 3.19.